The Labute approximate surface area is 107 Å². The molecule has 1 aromatic heterocycles. The van der Waals surface area contributed by atoms with E-state index < -0.39 is 11.7 Å². The second-order valence-electron chi connectivity index (χ2n) is 4.32. The van der Waals surface area contributed by atoms with Gasteiger partial charge >= 0.3 is 6.18 Å². The van der Waals surface area contributed by atoms with Gasteiger partial charge in [0.25, 0.3) is 0 Å². The van der Waals surface area contributed by atoms with E-state index in [0.717, 1.165) is 25.1 Å². The lowest BCUT2D eigenvalue weighted by molar-refractivity contribution is -0.137. The van der Waals surface area contributed by atoms with Crippen LogP contribution in [0.15, 0.2) is 12.3 Å². The summed E-state index contributed by atoms with van der Waals surface area (Å²) in [6.07, 6.45) is -1.59. The lowest BCUT2D eigenvalue weighted by Crippen LogP contribution is -2.19. The topological polar surface area (TPSA) is 48.1 Å². The minimum absolute atomic E-state index is 0.0313. The third kappa shape index (κ3) is 3.05. The van der Waals surface area contributed by atoms with Crippen molar-refractivity contribution in [3.8, 4) is 5.88 Å². The monoisotopic (exact) mass is 280 g/mol. The molecular formula is C11H12ClF3N2O. The van der Waals surface area contributed by atoms with Crippen LogP contribution in [-0.2, 0) is 6.18 Å². The summed E-state index contributed by atoms with van der Waals surface area (Å²) in [5.74, 6) is 0.0313. The third-order valence-electron chi connectivity index (χ3n) is 2.84. The van der Waals surface area contributed by atoms with Crippen LogP contribution < -0.4 is 10.5 Å². The molecule has 1 aliphatic carbocycles. The normalized spacial score (nSPS) is 24.3. The van der Waals surface area contributed by atoms with E-state index in [9.17, 15) is 13.2 Å². The number of nitrogens with two attached hydrogens (primary N) is 1. The summed E-state index contributed by atoms with van der Waals surface area (Å²) in [4.78, 5) is 3.62. The molecule has 7 heteroatoms. The first-order chi connectivity index (χ1) is 8.36. The van der Waals surface area contributed by atoms with Crippen molar-refractivity contribution >= 4 is 11.6 Å². The SMILES string of the molecule is NC1CCC(Oc2ncc(C(F)(F)F)cc2Cl)C1. The predicted molar refractivity (Wildman–Crippen MR) is 60.5 cm³/mol. The Morgan fingerprint density at radius 3 is 2.61 bits per heavy atom. The van der Waals surface area contributed by atoms with Crippen molar-refractivity contribution in [1.82, 2.24) is 4.98 Å². The van der Waals surface area contributed by atoms with Crippen molar-refractivity contribution in [1.29, 1.82) is 0 Å². The van der Waals surface area contributed by atoms with E-state index in [0.29, 0.717) is 6.42 Å². The average molecular weight is 281 g/mol. The Morgan fingerprint density at radius 1 is 1.39 bits per heavy atom. The zero-order valence-corrected chi connectivity index (χ0v) is 10.1. The molecule has 1 saturated carbocycles. The molecule has 1 heterocycles. The highest BCUT2D eigenvalue weighted by molar-refractivity contribution is 6.31. The van der Waals surface area contributed by atoms with E-state index in [2.05, 4.69) is 4.98 Å². The molecule has 0 aliphatic heterocycles. The standard InChI is InChI=1S/C11H12ClF3N2O/c12-9-3-6(11(13,14)15)5-17-10(9)18-8-2-1-7(16)4-8/h3,5,7-8H,1-2,4,16H2. The summed E-state index contributed by atoms with van der Waals surface area (Å²) < 4.78 is 42.7. The Morgan fingerprint density at radius 2 is 2.11 bits per heavy atom. The Kier molecular flexibility index (Phi) is 3.68. The number of alkyl halides is 3. The fraction of sp³-hybridized carbons (Fsp3) is 0.545. The van der Waals surface area contributed by atoms with Gasteiger partial charge in [-0.3, -0.25) is 0 Å². The molecule has 2 atom stereocenters. The van der Waals surface area contributed by atoms with Gasteiger partial charge < -0.3 is 10.5 Å². The van der Waals surface area contributed by atoms with E-state index in [1.54, 1.807) is 0 Å². The highest BCUT2D eigenvalue weighted by Gasteiger charge is 2.32. The van der Waals surface area contributed by atoms with Crippen molar-refractivity contribution < 1.29 is 17.9 Å². The smallest absolute Gasteiger partial charge is 0.417 e. The largest absolute Gasteiger partial charge is 0.473 e. The molecule has 1 aliphatic rings. The molecule has 0 amide bonds. The third-order valence-corrected chi connectivity index (χ3v) is 3.11. The molecule has 1 fully saturated rings. The first-order valence-electron chi connectivity index (χ1n) is 5.51. The molecule has 18 heavy (non-hydrogen) atoms. The van der Waals surface area contributed by atoms with Crippen LogP contribution in [0, 0.1) is 0 Å². The first kappa shape index (κ1) is 13.4. The molecule has 2 N–H and O–H groups in total. The maximum atomic E-state index is 12.4. The lowest BCUT2D eigenvalue weighted by atomic mass is 10.2. The van der Waals surface area contributed by atoms with Crippen LogP contribution in [0.5, 0.6) is 5.88 Å². The van der Waals surface area contributed by atoms with Gasteiger partial charge in [0.1, 0.15) is 11.1 Å². The van der Waals surface area contributed by atoms with Crippen molar-refractivity contribution in [2.75, 3.05) is 0 Å². The zero-order chi connectivity index (χ0) is 13.3. The molecule has 3 nitrogen and oxygen atoms in total. The van der Waals surface area contributed by atoms with Crippen LogP contribution in [0.4, 0.5) is 13.2 Å². The number of rotatable bonds is 2. The second-order valence-corrected chi connectivity index (χ2v) is 4.73. The van der Waals surface area contributed by atoms with E-state index in [1.807, 2.05) is 0 Å². The maximum absolute atomic E-state index is 12.4. The predicted octanol–water partition coefficient (Wildman–Crippen LogP) is 3.01. The summed E-state index contributed by atoms with van der Waals surface area (Å²) in [5.41, 5.74) is 4.83. The van der Waals surface area contributed by atoms with Crippen LogP contribution in [0.25, 0.3) is 0 Å². The van der Waals surface area contributed by atoms with Gasteiger partial charge in [0.2, 0.25) is 5.88 Å². The number of ether oxygens (including phenoxy) is 1. The first-order valence-corrected chi connectivity index (χ1v) is 5.89. The van der Waals surface area contributed by atoms with Gasteiger partial charge in [-0.25, -0.2) is 4.98 Å². The summed E-state index contributed by atoms with van der Waals surface area (Å²) in [6, 6.07) is 0.891. The Hall–Kier alpha value is -1.01. The molecule has 2 unspecified atom stereocenters. The summed E-state index contributed by atoms with van der Waals surface area (Å²) in [6.45, 7) is 0. The molecule has 100 valence electrons. The summed E-state index contributed by atoms with van der Waals surface area (Å²) >= 11 is 5.73. The highest BCUT2D eigenvalue weighted by atomic mass is 35.5. The molecule has 0 spiro atoms. The van der Waals surface area contributed by atoms with Crippen LogP contribution in [0.3, 0.4) is 0 Å². The van der Waals surface area contributed by atoms with Gasteiger partial charge in [-0.2, -0.15) is 13.2 Å². The van der Waals surface area contributed by atoms with Gasteiger partial charge in [0, 0.05) is 12.2 Å². The number of halogens is 4. The van der Waals surface area contributed by atoms with Gasteiger partial charge in [-0.1, -0.05) is 11.6 Å². The van der Waals surface area contributed by atoms with Crippen LogP contribution in [0.2, 0.25) is 5.02 Å². The second kappa shape index (κ2) is 4.93. The summed E-state index contributed by atoms with van der Waals surface area (Å²) in [7, 11) is 0. The molecule has 0 radical (unpaired) electrons. The molecule has 0 bridgehead atoms. The van der Waals surface area contributed by atoms with Gasteiger partial charge in [-0.15, -0.1) is 0 Å². The molecule has 0 aromatic carbocycles. The van der Waals surface area contributed by atoms with Gasteiger partial charge in [0.15, 0.2) is 0 Å². The molecule has 1 aromatic rings. The van der Waals surface area contributed by atoms with Gasteiger partial charge in [0.05, 0.1) is 5.56 Å². The van der Waals surface area contributed by atoms with E-state index in [-0.39, 0.29) is 23.0 Å². The van der Waals surface area contributed by atoms with Crippen molar-refractivity contribution in [2.45, 2.75) is 37.6 Å². The highest BCUT2D eigenvalue weighted by Crippen LogP contribution is 2.34. The van der Waals surface area contributed by atoms with Gasteiger partial charge in [-0.05, 0) is 25.3 Å². The summed E-state index contributed by atoms with van der Waals surface area (Å²) in [5, 5.41) is -0.134. The zero-order valence-electron chi connectivity index (χ0n) is 9.38. The quantitative estimate of drug-likeness (QED) is 0.906. The van der Waals surface area contributed by atoms with E-state index in [1.165, 1.54) is 0 Å². The number of aromatic nitrogens is 1. The van der Waals surface area contributed by atoms with Crippen molar-refractivity contribution in [2.24, 2.45) is 5.73 Å². The minimum Gasteiger partial charge on any atom is -0.473 e. The number of pyridine rings is 1. The van der Waals surface area contributed by atoms with Crippen molar-refractivity contribution in [3.05, 3.63) is 22.8 Å². The molecular weight excluding hydrogens is 269 g/mol. The Bertz CT molecular complexity index is 439. The lowest BCUT2D eigenvalue weighted by Gasteiger charge is -2.14. The van der Waals surface area contributed by atoms with Crippen LogP contribution in [0.1, 0.15) is 24.8 Å². The fourth-order valence-corrected chi connectivity index (χ4v) is 2.12. The molecule has 0 saturated heterocycles. The molecule has 2 rings (SSSR count). The number of hydrogen-bond donors (Lipinski definition) is 1. The van der Waals surface area contributed by atoms with Crippen LogP contribution >= 0.6 is 11.6 Å². The minimum atomic E-state index is -4.45. The van der Waals surface area contributed by atoms with E-state index in [4.69, 9.17) is 22.1 Å². The van der Waals surface area contributed by atoms with E-state index >= 15 is 0 Å². The maximum Gasteiger partial charge on any atom is 0.417 e. The van der Waals surface area contributed by atoms with Crippen molar-refractivity contribution in [3.63, 3.8) is 0 Å². The average Bonchev–Trinajstić information content (AvgIpc) is 2.65. The number of hydrogen-bond acceptors (Lipinski definition) is 3. The fourth-order valence-electron chi connectivity index (χ4n) is 1.91. The van der Waals surface area contributed by atoms with Crippen LogP contribution in [-0.4, -0.2) is 17.1 Å². The number of nitrogens with zero attached hydrogens (tertiary/aromatic N) is 1. The Balaban J connectivity index is 2.10.